The lowest BCUT2D eigenvalue weighted by Gasteiger charge is -2.41. The third kappa shape index (κ3) is 4.07. The normalized spacial score (nSPS) is 24.3. The number of hydrogen-bond donors (Lipinski definition) is 1. The van der Waals surface area contributed by atoms with Gasteiger partial charge in [0.25, 0.3) is 0 Å². The van der Waals surface area contributed by atoms with Gasteiger partial charge in [-0.2, -0.15) is 5.06 Å². The van der Waals surface area contributed by atoms with E-state index < -0.39 is 0 Å². The number of allylic oxidation sites excluding steroid dienone is 5. The van der Waals surface area contributed by atoms with Gasteiger partial charge in [0, 0.05) is 43.4 Å². The Bertz CT molecular complexity index is 770. The molecule has 1 fully saturated rings. The van der Waals surface area contributed by atoms with Crippen LogP contribution in [0.25, 0.3) is 5.57 Å². The number of nitrogens with one attached hydrogen (secondary N) is 1. The van der Waals surface area contributed by atoms with Crippen molar-refractivity contribution in [1.29, 1.82) is 0 Å². The van der Waals surface area contributed by atoms with Gasteiger partial charge in [-0.1, -0.05) is 32.1 Å². The van der Waals surface area contributed by atoms with Crippen molar-refractivity contribution in [2.45, 2.75) is 51.7 Å². The highest BCUT2D eigenvalue weighted by molar-refractivity contribution is 5.84. The molecule has 1 atom stereocenters. The minimum atomic E-state index is -0.220. The van der Waals surface area contributed by atoms with Gasteiger partial charge in [-0.15, -0.1) is 0 Å². The molecule has 1 unspecified atom stereocenters. The van der Waals surface area contributed by atoms with Crippen LogP contribution in [0.5, 0.6) is 0 Å². The lowest BCUT2D eigenvalue weighted by atomic mass is 9.83. The monoisotopic (exact) mass is 381 g/mol. The maximum absolute atomic E-state index is 6.53. The fourth-order valence-corrected chi connectivity index (χ4v) is 4.19. The summed E-state index contributed by atoms with van der Waals surface area (Å²) in [7, 11) is 0. The first-order valence-electron chi connectivity index (χ1n) is 10.6. The Labute approximate surface area is 168 Å². The van der Waals surface area contributed by atoms with Crippen LogP contribution >= 0.6 is 0 Å². The predicted molar refractivity (Wildman–Crippen MR) is 111 cm³/mol. The van der Waals surface area contributed by atoms with E-state index in [1.165, 1.54) is 11.1 Å². The van der Waals surface area contributed by atoms with E-state index in [1.807, 2.05) is 11.3 Å². The first-order valence-corrected chi connectivity index (χ1v) is 10.6. The number of nitrogens with zero attached hydrogens (tertiary/aromatic N) is 2. The van der Waals surface area contributed by atoms with Gasteiger partial charge >= 0.3 is 0 Å². The lowest BCUT2D eigenvalue weighted by Crippen LogP contribution is -2.47. The first kappa shape index (κ1) is 19.4. The second kappa shape index (κ2) is 8.60. The van der Waals surface area contributed by atoms with Crippen LogP contribution in [0, 0.1) is 0 Å². The molecule has 3 aliphatic rings. The van der Waals surface area contributed by atoms with Gasteiger partial charge in [0.05, 0.1) is 5.69 Å². The SMILES string of the molecule is CCN(CC)OCc1ccc(C2=CC3(CCCNC3)OC3=C2C=CCC3)cn1. The highest BCUT2D eigenvalue weighted by atomic mass is 16.7. The van der Waals surface area contributed by atoms with Crippen molar-refractivity contribution in [1.82, 2.24) is 15.4 Å². The van der Waals surface area contributed by atoms with Crippen molar-refractivity contribution in [3.8, 4) is 0 Å². The van der Waals surface area contributed by atoms with Crippen LogP contribution in [0.4, 0.5) is 0 Å². The van der Waals surface area contributed by atoms with E-state index in [-0.39, 0.29) is 5.60 Å². The molecule has 28 heavy (non-hydrogen) atoms. The molecule has 5 heteroatoms. The van der Waals surface area contributed by atoms with Gasteiger partial charge in [0.2, 0.25) is 0 Å². The Hall–Kier alpha value is -1.95. The molecule has 1 saturated heterocycles. The first-order chi connectivity index (χ1) is 13.7. The summed E-state index contributed by atoms with van der Waals surface area (Å²) >= 11 is 0. The molecule has 3 heterocycles. The topological polar surface area (TPSA) is 46.6 Å². The second-order valence-corrected chi connectivity index (χ2v) is 7.71. The fraction of sp³-hybridized carbons (Fsp3) is 0.522. The van der Waals surface area contributed by atoms with Crippen molar-refractivity contribution >= 4 is 5.57 Å². The molecule has 1 N–H and O–H groups in total. The molecule has 1 spiro atoms. The fourth-order valence-electron chi connectivity index (χ4n) is 4.19. The summed E-state index contributed by atoms with van der Waals surface area (Å²) in [5.41, 5.74) is 4.35. The average Bonchev–Trinajstić information content (AvgIpc) is 2.75. The van der Waals surface area contributed by atoms with Crippen molar-refractivity contribution in [3.05, 3.63) is 59.1 Å². The molecule has 1 aromatic rings. The lowest BCUT2D eigenvalue weighted by molar-refractivity contribution is -0.164. The molecule has 0 radical (unpaired) electrons. The Kier molecular flexibility index (Phi) is 5.95. The maximum Gasteiger partial charge on any atom is 0.140 e. The zero-order valence-corrected chi connectivity index (χ0v) is 17.0. The Morgan fingerprint density at radius 1 is 1.29 bits per heavy atom. The van der Waals surface area contributed by atoms with E-state index in [0.29, 0.717) is 6.61 Å². The molecule has 1 aliphatic carbocycles. The van der Waals surface area contributed by atoms with Gasteiger partial charge in [-0.05, 0) is 43.5 Å². The Balaban J connectivity index is 1.58. The quantitative estimate of drug-likeness (QED) is 0.755. The zero-order valence-electron chi connectivity index (χ0n) is 17.0. The van der Waals surface area contributed by atoms with Crippen LogP contribution in [-0.2, 0) is 16.2 Å². The van der Waals surface area contributed by atoms with E-state index in [2.05, 4.69) is 54.5 Å². The molecule has 0 amide bonds. The number of ether oxygens (including phenoxy) is 1. The molecule has 0 aromatic carbocycles. The number of pyridine rings is 1. The van der Waals surface area contributed by atoms with Crippen molar-refractivity contribution in [2.75, 3.05) is 26.2 Å². The molecule has 2 aliphatic heterocycles. The standard InChI is InChI=1S/C23H31N3O2/c1-3-26(4-2)27-16-19-11-10-18(15-25-19)21-14-23(12-7-13-24-17-23)28-22-9-6-5-8-20(21)22/h5,8,10-11,14-15,24H,3-4,6-7,9,12-13,16-17H2,1-2H3. The highest BCUT2D eigenvalue weighted by Gasteiger charge is 2.38. The van der Waals surface area contributed by atoms with E-state index >= 15 is 0 Å². The van der Waals surface area contributed by atoms with Crippen LogP contribution in [0.1, 0.15) is 50.8 Å². The van der Waals surface area contributed by atoms with Crippen LogP contribution in [0.3, 0.4) is 0 Å². The molecular formula is C23H31N3O2. The summed E-state index contributed by atoms with van der Waals surface area (Å²) < 4.78 is 6.53. The molecule has 0 bridgehead atoms. The minimum absolute atomic E-state index is 0.220. The Morgan fingerprint density at radius 3 is 2.89 bits per heavy atom. The van der Waals surface area contributed by atoms with E-state index in [1.54, 1.807) is 0 Å². The van der Waals surface area contributed by atoms with E-state index in [0.717, 1.165) is 68.9 Å². The van der Waals surface area contributed by atoms with Crippen LogP contribution in [0.2, 0.25) is 0 Å². The molecule has 5 nitrogen and oxygen atoms in total. The van der Waals surface area contributed by atoms with Gasteiger partial charge in [-0.3, -0.25) is 9.82 Å². The van der Waals surface area contributed by atoms with Crippen LogP contribution < -0.4 is 5.32 Å². The van der Waals surface area contributed by atoms with Crippen LogP contribution in [0.15, 0.2) is 47.9 Å². The summed E-state index contributed by atoms with van der Waals surface area (Å²) in [6.45, 7) is 8.39. The van der Waals surface area contributed by atoms with Gasteiger partial charge < -0.3 is 10.1 Å². The summed E-state index contributed by atoms with van der Waals surface area (Å²) in [5, 5.41) is 5.46. The minimum Gasteiger partial charge on any atom is -0.486 e. The number of hydrogen-bond acceptors (Lipinski definition) is 5. The summed E-state index contributed by atoms with van der Waals surface area (Å²) in [5.74, 6) is 1.14. The highest BCUT2D eigenvalue weighted by Crippen LogP contribution is 2.42. The average molecular weight is 382 g/mol. The number of aromatic nitrogens is 1. The molecule has 150 valence electrons. The van der Waals surface area contributed by atoms with Crippen molar-refractivity contribution < 1.29 is 9.57 Å². The predicted octanol–water partition coefficient (Wildman–Crippen LogP) is 3.99. The third-order valence-electron chi connectivity index (χ3n) is 5.76. The van der Waals surface area contributed by atoms with Gasteiger partial charge in [0.1, 0.15) is 18.0 Å². The van der Waals surface area contributed by atoms with E-state index in [9.17, 15) is 0 Å². The molecule has 0 saturated carbocycles. The molecule has 1 aromatic heterocycles. The van der Waals surface area contributed by atoms with E-state index in [4.69, 9.17) is 9.57 Å². The van der Waals surface area contributed by atoms with Gasteiger partial charge in [-0.25, -0.2) is 0 Å². The Morgan fingerprint density at radius 2 is 2.18 bits per heavy atom. The molecular weight excluding hydrogens is 350 g/mol. The van der Waals surface area contributed by atoms with Crippen molar-refractivity contribution in [3.63, 3.8) is 0 Å². The van der Waals surface area contributed by atoms with Crippen molar-refractivity contribution in [2.24, 2.45) is 0 Å². The number of piperidine rings is 1. The third-order valence-corrected chi connectivity index (χ3v) is 5.76. The summed E-state index contributed by atoms with van der Waals surface area (Å²) in [4.78, 5) is 10.5. The second-order valence-electron chi connectivity index (χ2n) is 7.71. The zero-order chi connectivity index (χ0) is 19.4. The maximum atomic E-state index is 6.53. The van der Waals surface area contributed by atoms with Crippen LogP contribution in [-0.4, -0.2) is 41.8 Å². The molecule has 4 rings (SSSR count). The van der Waals surface area contributed by atoms with Gasteiger partial charge in [0.15, 0.2) is 0 Å². The largest absolute Gasteiger partial charge is 0.486 e. The number of hydroxylamine groups is 2. The summed E-state index contributed by atoms with van der Waals surface area (Å²) in [6, 6.07) is 4.25. The smallest absolute Gasteiger partial charge is 0.140 e. The summed E-state index contributed by atoms with van der Waals surface area (Å²) in [6.07, 6.45) is 13.0. The number of rotatable bonds is 6.